The minimum absolute atomic E-state index is 0.364. The van der Waals surface area contributed by atoms with Gasteiger partial charge in [0.05, 0.1) is 12.7 Å². The molecule has 0 radical (unpaired) electrons. The highest BCUT2D eigenvalue weighted by atomic mass is 16.5. The van der Waals surface area contributed by atoms with Crippen molar-refractivity contribution in [3.8, 4) is 11.5 Å². The second-order valence-electron chi connectivity index (χ2n) is 4.59. The molecule has 0 unspecified atom stereocenters. The zero-order chi connectivity index (χ0) is 14.7. The van der Waals surface area contributed by atoms with E-state index in [0.29, 0.717) is 11.3 Å². The Hall–Kier alpha value is -2.81. The molecule has 0 fully saturated rings. The van der Waals surface area contributed by atoms with Gasteiger partial charge < -0.3 is 9.47 Å². The second kappa shape index (κ2) is 5.67. The smallest absolute Gasteiger partial charge is 0.344 e. The fraction of sp³-hybridized carbons (Fsp3) is 0.0556. The first kappa shape index (κ1) is 13.2. The zero-order valence-electron chi connectivity index (χ0n) is 11.6. The van der Waals surface area contributed by atoms with Gasteiger partial charge in [-0.1, -0.05) is 36.4 Å². The third-order valence-electron chi connectivity index (χ3n) is 3.28. The van der Waals surface area contributed by atoms with Gasteiger partial charge in [-0.15, -0.1) is 0 Å². The van der Waals surface area contributed by atoms with Crippen molar-refractivity contribution in [2.24, 2.45) is 0 Å². The van der Waals surface area contributed by atoms with Crippen LogP contribution in [0.1, 0.15) is 10.4 Å². The summed E-state index contributed by atoms with van der Waals surface area (Å²) in [5.41, 5.74) is 0.559. The average molecular weight is 278 g/mol. The van der Waals surface area contributed by atoms with E-state index in [1.54, 1.807) is 37.4 Å². The van der Waals surface area contributed by atoms with E-state index in [1.807, 2.05) is 36.4 Å². The molecule has 3 aromatic rings. The lowest BCUT2D eigenvalue weighted by Crippen LogP contribution is -2.08. The number of hydrogen-bond donors (Lipinski definition) is 0. The summed E-state index contributed by atoms with van der Waals surface area (Å²) in [7, 11) is 1.59. The van der Waals surface area contributed by atoms with Crippen LogP contribution in [0.3, 0.4) is 0 Å². The lowest BCUT2D eigenvalue weighted by molar-refractivity contribution is 0.0736. The average Bonchev–Trinajstić information content (AvgIpc) is 2.55. The van der Waals surface area contributed by atoms with Crippen LogP contribution in [-0.2, 0) is 0 Å². The van der Waals surface area contributed by atoms with Crippen LogP contribution in [0.2, 0.25) is 0 Å². The molecule has 3 nitrogen and oxygen atoms in total. The molecule has 0 aliphatic heterocycles. The topological polar surface area (TPSA) is 35.5 Å². The Bertz CT molecular complexity index is 771. The Morgan fingerprint density at radius 3 is 2.24 bits per heavy atom. The van der Waals surface area contributed by atoms with Crippen molar-refractivity contribution >= 4 is 16.7 Å². The Kier molecular flexibility index (Phi) is 3.56. The van der Waals surface area contributed by atoms with Crippen LogP contribution >= 0.6 is 0 Å². The fourth-order valence-corrected chi connectivity index (χ4v) is 2.21. The molecule has 0 saturated carbocycles. The first-order chi connectivity index (χ1) is 10.3. The van der Waals surface area contributed by atoms with Gasteiger partial charge in [-0.3, -0.25) is 0 Å². The summed E-state index contributed by atoms with van der Waals surface area (Å²) in [5, 5.41) is 1.90. The van der Waals surface area contributed by atoms with Crippen molar-refractivity contribution in [3.63, 3.8) is 0 Å². The molecule has 3 heteroatoms. The molecule has 0 atom stereocenters. The van der Waals surface area contributed by atoms with Gasteiger partial charge in [-0.2, -0.15) is 0 Å². The summed E-state index contributed by atoms with van der Waals surface area (Å²) in [5.74, 6) is 0.852. The first-order valence-electron chi connectivity index (χ1n) is 6.62. The van der Waals surface area contributed by atoms with Crippen molar-refractivity contribution in [1.29, 1.82) is 0 Å². The van der Waals surface area contributed by atoms with Gasteiger partial charge in [0.25, 0.3) is 0 Å². The van der Waals surface area contributed by atoms with Crippen LogP contribution in [0, 0.1) is 0 Å². The molecule has 0 aliphatic rings. The molecule has 0 spiro atoms. The predicted molar refractivity (Wildman–Crippen MR) is 81.9 cm³/mol. The molecule has 0 aromatic heterocycles. The largest absolute Gasteiger partial charge is 0.497 e. The fourth-order valence-electron chi connectivity index (χ4n) is 2.21. The van der Waals surface area contributed by atoms with E-state index >= 15 is 0 Å². The maximum absolute atomic E-state index is 12.3. The number of carbonyl (C=O) groups excluding carboxylic acids is 1. The molecule has 3 aromatic carbocycles. The van der Waals surface area contributed by atoms with E-state index in [9.17, 15) is 4.79 Å². The number of ether oxygens (including phenoxy) is 2. The van der Waals surface area contributed by atoms with E-state index in [2.05, 4.69) is 0 Å². The molecule has 3 rings (SSSR count). The minimum atomic E-state index is -0.364. The summed E-state index contributed by atoms with van der Waals surface area (Å²) in [6, 6.07) is 20.3. The van der Waals surface area contributed by atoms with Gasteiger partial charge in [-0.25, -0.2) is 4.79 Å². The SMILES string of the molecule is COc1ccc(OC(=O)c2cccc3ccccc23)cc1. The van der Waals surface area contributed by atoms with Gasteiger partial charge >= 0.3 is 5.97 Å². The molecule has 0 N–H and O–H groups in total. The Labute approximate surface area is 122 Å². The van der Waals surface area contributed by atoms with E-state index in [-0.39, 0.29) is 5.97 Å². The zero-order valence-corrected chi connectivity index (χ0v) is 11.6. The Morgan fingerprint density at radius 2 is 1.48 bits per heavy atom. The summed E-state index contributed by atoms with van der Waals surface area (Å²) in [6.45, 7) is 0. The summed E-state index contributed by atoms with van der Waals surface area (Å²) < 4.78 is 10.5. The van der Waals surface area contributed by atoms with Crippen LogP contribution in [0.5, 0.6) is 11.5 Å². The highest BCUT2D eigenvalue weighted by Gasteiger charge is 2.12. The lowest BCUT2D eigenvalue weighted by atomic mass is 10.0. The molecule has 21 heavy (non-hydrogen) atoms. The van der Waals surface area contributed by atoms with Crippen molar-refractivity contribution in [2.45, 2.75) is 0 Å². The summed E-state index contributed by atoms with van der Waals surface area (Å²) in [6.07, 6.45) is 0. The summed E-state index contributed by atoms with van der Waals surface area (Å²) >= 11 is 0. The second-order valence-corrected chi connectivity index (χ2v) is 4.59. The maximum Gasteiger partial charge on any atom is 0.344 e. The van der Waals surface area contributed by atoms with Crippen LogP contribution in [0.4, 0.5) is 0 Å². The van der Waals surface area contributed by atoms with Crippen molar-refractivity contribution < 1.29 is 14.3 Å². The van der Waals surface area contributed by atoms with Crippen LogP contribution in [-0.4, -0.2) is 13.1 Å². The van der Waals surface area contributed by atoms with Crippen LogP contribution in [0.25, 0.3) is 10.8 Å². The molecule has 0 bridgehead atoms. The maximum atomic E-state index is 12.3. The number of rotatable bonds is 3. The van der Waals surface area contributed by atoms with Gasteiger partial charge in [0, 0.05) is 0 Å². The molecule has 0 aliphatic carbocycles. The number of hydrogen-bond acceptors (Lipinski definition) is 3. The van der Waals surface area contributed by atoms with E-state index < -0.39 is 0 Å². The molecular formula is C18H14O3. The number of methoxy groups -OCH3 is 1. The third kappa shape index (κ3) is 2.72. The highest BCUT2D eigenvalue weighted by molar-refractivity contribution is 6.05. The Morgan fingerprint density at radius 1 is 0.810 bits per heavy atom. The summed E-state index contributed by atoms with van der Waals surface area (Å²) in [4.78, 5) is 12.3. The monoisotopic (exact) mass is 278 g/mol. The standard InChI is InChI=1S/C18H14O3/c1-20-14-9-11-15(12-10-14)21-18(19)17-8-4-6-13-5-2-3-7-16(13)17/h2-12H,1H3. The van der Waals surface area contributed by atoms with Crippen molar-refractivity contribution in [3.05, 3.63) is 72.3 Å². The van der Waals surface area contributed by atoms with Crippen LogP contribution < -0.4 is 9.47 Å². The Balaban J connectivity index is 1.90. The normalized spacial score (nSPS) is 10.3. The van der Waals surface area contributed by atoms with Gasteiger partial charge in [0.2, 0.25) is 0 Å². The highest BCUT2D eigenvalue weighted by Crippen LogP contribution is 2.22. The molecule has 0 heterocycles. The first-order valence-corrected chi connectivity index (χ1v) is 6.62. The molecule has 0 saturated heterocycles. The minimum Gasteiger partial charge on any atom is -0.497 e. The molecule has 0 amide bonds. The van der Waals surface area contributed by atoms with Gasteiger partial charge in [-0.05, 0) is 41.1 Å². The van der Waals surface area contributed by atoms with Crippen molar-refractivity contribution in [1.82, 2.24) is 0 Å². The van der Waals surface area contributed by atoms with Crippen LogP contribution in [0.15, 0.2) is 66.7 Å². The number of benzene rings is 3. The quantitative estimate of drug-likeness (QED) is 0.535. The van der Waals surface area contributed by atoms with Crippen molar-refractivity contribution in [2.75, 3.05) is 7.11 Å². The van der Waals surface area contributed by atoms with E-state index in [1.165, 1.54) is 0 Å². The number of carbonyl (C=O) groups is 1. The number of esters is 1. The van der Waals surface area contributed by atoms with Gasteiger partial charge in [0.15, 0.2) is 0 Å². The molecule has 104 valence electrons. The predicted octanol–water partition coefficient (Wildman–Crippen LogP) is 4.07. The third-order valence-corrected chi connectivity index (χ3v) is 3.28. The molecular weight excluding hydrogens is 264 g/mol. The van der Waals surface area contributed by atoms with E-state index in [0.717, 1.165) is 16.5 Å². The number of fused-ring (bicyclic) bond motifs is 1. The lowest BCUT2D eigenvalue weighted by Gasteiger charge is -2.07. The van der Waals surface area contributed by atoms with E-state index in [4.69, 9.17) is 9.47 Å². The van der Waals surface area contributed by atoms with Gasteiger partial charge in [0.1, 0.15) is 11.5 Å².